The van der Waals surface area contributed by atoms with Gasteiger partial charge in [0.05, 0.1) is 45.6 Å². The van der Waals surface area contributed by atoms with Gasteiger partial charge in [-0.3, -0.25) is 4.79 Å². The maximum atomic E-state index is 13.2. The minimum atomic E-state index is -0.527. The summed E-state index contributed by atoms with van der Waals surface area (Å²) in [5.74, 6) is 1.72. The van der Waals surface area contributed by atoms with Crippen LogP contribution in [0.15, 0.2) is 22.7 Å². The molecule has 2 aromatic rings. The number of methoxy groups -OCH3 is 2. The van der Waals surface area contributed by atoms with Crippen molar-refractivity contribution in [2.45, 2.75) is 32.4 Å². The van der Waals surface area contributed by atoms with E-state index < -0.39 is 12.1 Å². The van der Waals surface area contributed by atoms with Crippen molar-refractivity contribution in [2.75, 3.05) is 34.0 Å². The zero-order chi connectivity index (χ0) is 20.3. The van der Waals surface area contributed by atoms with Gasteiger partial charge in [-0.1, -0.05) is 11.2 Å². The molecule has 1 fully saturated rings. The molecule has 3 rings (SSSR count). The molecule has 1 N–H and O–H groups in total. The number of ether oxygens (including phenoxy) is 3. The summed E-state index contributed by atoms with van der Waals surface area (Å²) in [6.07, 6.45) is -0.344. The van der Waals surface area contributed by atoms with Crippen molar-refractivity contribution in [2.24, 2.45) is 0 Å². The van der Waals surface area contributed by atoms with Crippen LogP contribution < -0.4 is 9.47 Å². The summed E-state index contributed by atoms with van der Waals surface area (Å²) in [6, 6.07) is 5.02. The van der Waals surface area contributed by atoms with Gasteiger partial charge >= 0.3 is 0 Å². The molecule has 0 saturated carbocycles. The zero-order valence-electron chi connectivity index (χ0n) is 16.6. The van der Waals surface area contributed by atoms with Crippen LogP contribution in [-0.2, 0) is 16.0 Å². The number of aromatic nitrogens is 1. The minimum absolute atomic E-state index is 0.0732. The lowest BCUT2D eigenvalue weighted by Crippen LogP contribution is -2.50. The first-order valence-corrected chi connectivity index (χ1v) is 9.15. The second-order valence-corrected chi connectivity index (χ2v) is 6.72. The molecule has 1 aromatic carbocycles. The summed E-state index contributed by atoms with van der Waals surface area (Å²) in [4.78, 5) is 14.9. The van der Waals surface area contributed by atoms with E-state index in [0.29, 0.717) is 36.1 Å². The summed E-state index contributed by atoms with van der Waals surface area (Å²) in [5, 5.41) is 13.8. The van der Waals surface area contributed by atoms with E-state index >= 15 is 0 Å². The molecule has 1 aliphatic rings. The second kappa shape index (κ2) is 8.62. The molecular weight excluding hydrogens is 364 g/mol. The molecule has 0 radical (unpaired) electrons. The van der Waals surface area contributed by atoms with Gasteiger partial charge in [-0.25, -0.2) is 0 Å². The number of rotatable bonds is 6. The largest absolute Gasteiger partial charge is 0.493 e. The molecule has 8 nitrogen and oxygen atoms in total. The molecule has 2 atom stereocenters. The number of aliphatic hydroxyl groups is 1. The number of carbonyl (C=O) groups is 1. The van der Waals surface area contributed by atoms with Crippen LogP contribution in [0.1, 0.15) is 28.6 Å². The predicted molar refractivity (Wildman–Crippen MR) is 101 cm³/mol. The van der Waals surface area contributed by atoms with E-state index in [9.17, 15) is 9.90 Å². The highest BCUT2D eigenvalue weighted by molar-refractivity contribution is 5.80. The first-order chi connectivity index (χ1) is 13.5. The van der Waals surface area contributed by atoms with Crippen LogP contribution in [0.5, 0.6) is 11.5 Å². The van der Waals surface area contributed by atoms with Crippen LogP contribution in [-0.4, -0.2) is 61.2 Å². The Kier molecular flexibility index (Phi) is 6.21. The summed E-state index contributed by atoms with van der Waals surface area (Å²) < 4.78 is 21.6. The van der Waals surface area contributed by atoms with Crippen LogP contribution in [0.3, 0.4) is 0 Å². The molecule has 0 spiro atoms. The van der Waals surface area contributed by atoms with Gasteiger partial charge in [0.15, 0.2) is 11.5 Å². The third-order valence-electron chi connectivity index (χ3n) is 5.11. The summed E-state index contributed by atoms with van der Waals surface area (Å²) in [5.41, 5.74) is 2.31. The molecule has 0 aliphatic carbocycles. The number of nitrogens with zero attached hydrogens (tertiary/aromatic N) is 2. The number of morpholine rings is 1. The van der Waals surface area contributed by atoms with Crippen LogP contribution in [0.4, 0.5) is 0 Å². The SMILES string of the molecule is COc1ccc([C@@H]2[C@@H](CO)OCCN2C(=O)Cc2c(C)noc2C)cc1OC. The Morgan fingerprint density at radius 3 is 2.64 bits per heavy atom. The van der Waals surface area contributed by atoms with Crippen molar-refractivity contribution in [1.29, 1.82) is 0 Å². The first-order valence-electron chi connectivity index (χ1n) is 9.15. The quantitative estimate of drug-likeness (QED) is 0.804. The molecule has 1 saturated heterocycles. The van der Waals surface area contributed by atoms with Crippen molar-refractivity contribution >= 4 is 5.91 Å². The number of hydrogen-bond donors (Lipinski definition) is 1. The maximum absolute atomic E-state index is 13.2. The normalized spacial score (nSPS) is 19.5. The highest BCUT2D eigenvalue weighted by Gasteiger charge is 2.37. The van der Waals surface area contributed by atoms with Gasteiger partial charge in [-0.2, -0.15) is 0 Å². The van der Waals surface area contributed by atoms with Crippen LogP contribution in [0, 0.1) is 13.8 Å². The Morgan fingerprint density at radius 2 is 2.04 bits per heavy atom. The second-order valence-electron chi connectivity index (χ2n) is 6.72. The number of amides is 1. The fourth-order valence-corrected chi connectivity index (χ4v) is 3.60. The van der Waals surface area contributed by atoms with E-state index in [1.165, 1.54) is 0 Å². The Balaban J connectivity index is 1.93. The lowest BCUT2D eigenvalue weighted by Gasteiger charge is -2.41. The number of aryl methyl sites for hydroxylation is 2. The van der Waals surface area contributed by atoms with Crippen molar-refractivity contribution < 1.29 is 28.6 Å². The van der Waals surface area contributed by atoms with Gasteiger partial charge in [-0.05, 0) is 31.5 Å². The highest BCUT2D eigenvalue weighted by atomic mass is 16.5. The van der Waals surface area contributed by atoms with E-state index in [-0.39, 0.29) is 18.9 Å². The van der Waals surface area contributed by atoms with Crippen molar-refractivity contribution in [3.63, 3.8) is 0 Å². The van der Waals surface area contributed by atoms with Gasteiger partial charge in [0.2, 0.25) is 5.91 Å². The lowest BCUT2D eigenvalue weighted by molar-refractivity contribution is -0.149. The minimum Gasteiger partial charge on any atom is -0.493 e. The monoisotopic (exact) mass is 390 g/mol. The van der Waals surface area contributed by atoms with Gasteiger partial charge < -0.3 is 28.7 Å². The third-order valence-corrected chi connectivity index (χ3v) is 5.11. The Bertz CT molecular complexity index is 815. The number of benzene rings is 1. The van der Waals surface area contributed by atoms with E-state index in [1.54, 1.807) is 32.1 Å². The van der Waals surface area contributed by atoms with Crippen LogP contribution >= 0.6 is 0 Å². The molecular formula is C20H26N2O6. The Morgan fingerprint density at radius 1 is 1.29 bits per heavy atom. The molecule has 0 bridgehead atoms. The lowest BCUT2D eigenvalue weighted by atomic mass is 9.96. The van der Waals surface area contributed by atoms with E-state index in [4.69, 9.17) is 18.7 Å². The first kappa shape index (κ1) is 20.2. The standard InChI is InChI=1S/C20H26N2O6/c1-12-15(13(2)28-21-12)10-19(24)22-7-8-27-18(11-23)20(22)14-5-6-16(25-3)17(9-14)26-4/h5-6,9,18,20,23H,7-8,10-11H2,1-4H3/t18-,20-/m1/s1. The zero-order valence-corrected chi connectivity index (χ0v) is 16.6. The van der Waals surface area contributed by atoms with Gasteiger partial charge in [-0.15, -0.1) is 0 Å². The van der Waals surface area contributed by atoms with Gasteiger partial charge in [0, 0.05) is 12.1 Å². The Hall–Kier alpha value is -2.58. The summed E-state index contributed by atoms with van der Waals surface area (Å²) in [7, 11) is 3.13. The average molecular weight is 390 g/mol. The van der Waals surface area contributed by atoms with Gasteiger partial charge in [0.25, 0.3) is 0 Å². The number of hydrogen-bond acceptors (Lipinski definition) is 7. The highest BCUT2D eigenvalue weighted by Crippen LogP contribution is 2.36. The van der Waals surface area contributed by atoms with E-state index in [1.807, 2.05) is 19.1 Å². The molecule has 152 valence electrons. The maximum Gasteiger partial charge on any atom is 0.227 e. The van der Waals surface area contributed by atoms with E-state index in [2.05, 4.69) is 5.16 Å². The van der Waals surface area contributed by atoms with Crippen molar-refractivity contribution in [3.05, 3.63) is 40.8 Å². The summed E-state index contributed by atoms with van der Waals surface area (Å²) in [6.45, 7) is 4.21. The molecule has 0 unspecified atom stereocenters. The molecule has 1 amide bonds. The van der Waals surface area contributed by atoms with Crippen LogP contribution in [0.2, 0.25) is 0 Å². The fraction of sp³-hybridized carbons (Fsp3) is 0.500. The van der Waals surface area contributed by atoms with Gasteiger partial charge in [0.1, 0.15) is 11.9 Å². The molecule has 2 heterocycles. The van der Waals surface area contributed by atoms with Crippen LogP contribution in [0.25, 0.3) is 0 Å². The Labute approximate surface area is 164 Å². The third kappa shape index (κ3) is 3.83. The molecule has 1 aliphatic heterocycles. The molecule has 1 aromatic heterocycles. The average Bonchev–Trinajstić information content (AvgIpc) is 3.04. The van der Waals surface area contributed by atoms with Crippen molar-refractivity contribution in [1.82, 2.24) is 10.1 Å². The summed E-state index contributed by atoms with van der Waals surface area (Å²) >= 11 is 0. The molecule has 28 heavy (non-hydrogen) atoms. The number of carbonyl (C=O) groups excluding carboxylic acids is 1. The molecule has 8 heteroatoms. The van der Waals surface area contributed by atoms with E-state index in [0.717, 1.165) is 11.1 Å². The van der Waals surface area contributed by atoms with Crippen molar-refractivity contribution in [3.8, 4) is 11.5 Å². The predicted octanol–water partition coefficient (Wildman–Crippen LogP) is 1.81. The smallest absolute Gasteiger partial charge is 0.227 e. The fourth-order valence-electron chi connectivity index (χ4n) is 3.60. The number of aliphatic hydroxyl groups excluding tert-OH is 1. The topological polar surface area (TPSA) is 94.3 Å².